The second-order valence-corrected chi connectivity index (χ2v) is 6.46. The normalized spacial score (nSPS) is 12.2. The first-order valence-electron chi connectivity index (χ1n) is 8.21. The number of fused-ring (bicyclic) bond motifs is 1. The molecule has 2 aromatic rings. The van der Waals surface area contributed by atoms with Crippen LogP contribution in [0, 0.1) is 0 Å². The molecule has 0 aliphatic carbocycles. The largest absolute Gasteiger partial charge is 0.390 e. The van der Waals surface area contributed by atoms with Crippen molar-refractivity contribution in [2.45, 2.75) is 72.2 Å². The first-order chi connectivity index (χ1) is 10.8. The highest BCUT2D eigenvalue weighted by molar-refractivity contribution is 5.70. The molecule has 0 unspecified atom stereocenters. The molecule has 0 spiro atoms. The summed E-state index contributed by atoms with van der Waals surface area (Å²) in [6, 6.07) is 0. The van der Waals surface area contributed by atoms with Crippen LogP contribution in [0.1, 0.15) is 47.0 Å². The molecule has 2 aromatic heterocycles. The molecule has 1 N–H and O–H groups in total. The third-order valence-corrected chi connectivity index (χ3v) is 4.06. The molecule has 0 atom stereocenters. The number of nitrogens with zero attached hydrogens (tertiary/aromatic N) is 4. The molecule has 23 heavy (non-hydrogen) atoms. The molecule has 7 nitrogen and oxygen atoms in total. The number of rotatable bonds is 7. The van der Waals surface area contributed by atoms with E-state index < -0.39 is 5.60 Å². The number of aliphatic hydroxyl groups is 1. The molecule has 0 bridgehead atoms. The molecule has 0 fully saturated rings. The van der Waals surface area contributed by atoms with Crippen molar-refractivity contribution >= 4 is 11.2 Å². The van der Waals surface area contributed by atoms with Gasteiger partial charge in [0.25, 0.3) is 5.56 Å². The van der Waals surface area contributed by atoms with E-state index in [1.54, 1.807) is 29.3 Å². The molecule has 0 radical (unpaired) electrons. The molecule has 2 heterocycles. The minimum atomic E-state index is -0.723. The van der Waals surface area contributed by atoms with Crippen molar-refractivity contribution in [1.29, 1.82) is 0 Å². The molecule has 0 aliphatic heterocycles. The van der Waals surface area contributed by atoms with E-state index in [0.717, 1.165) is 6.42 Å². The van der Waals surface area contributed by atoms with Gasteiger partial charge in [0.15, 0.2) is 11.2 Å². The number of hydrogen-bond donors (Lipinski definition) is 1. The smallest absolute Gasteiger partial charge is 0.332 e. The average molecular weight is 322 g/mol. The number of hydrogen-bond acceptors (Lipinski definition) is 4. The average Bonchev–Trinajstić information content (AvgIpc) is 2.89. The third kappa shape index (κ3) is 3.55. The molecular weight excluding hydrogens is 296 g/mol. The van der Waals surface area contributed by atoms with Gasteiger partial charge in [-0.25, -0.2) is 9.78 Å². The summed E-state index contributed by atoms with van der Waals surface area (Å²) in [5, 5.41) is 9.74. The summed E-state index contributed by atoms with van der Waals surface area (Å²) in [4.78, 5) is 29.5. The van der Waals surface area contributed by atoms with E-state index in [0.29, 0.717) is 43.6 Å². The van der Waals surface area contributed by atoms with Crippen molar-refractivity contribution in [1.82, 2.24) is 18.7 Å². The minimum Gasteiger partial charge on any atom is -0.390 e. The van der Waals surface area contributed by atoms with E-state index in [1.165, 1.54) is 4.57 Å². The zero-order chi connectivity index (χ0) is 17.2. The van der Waals surface area contributed by atoms with Gasteiger partial charge in [-0.1, -0.05) is 0 Å². The summed E-state index contributed by atoms with van der Waals surface area (Å²) in [6.07, 6.45) is 3.68. The predicted molar refractivity (Wildman–Crippen MR) is 89.7 cm³/mol. The summed E-state index contributed by atoms with van der Waals surface area (Å²) < 4.78 is 4.61. The van der Waals surface area contributed by atoms with Gasteiger partial charge in [0.1, 0.15) is 0 Å². The SMILES string of the molecule is CCn1cnc2c1c(=O)n(CCCCC(C)(C)O)c(=O)n2CC. The van der Waals surface area contributed by atoms with Crippen molar-refractivity contribution in [3.8, 4) is 0 Å². The van der Waals surface area contributed by atoms with Crippen LogP contribution in [0.15, 0.2) is 15.9 Å². The fraction of sp³-hybridized carbons (Fsp3) is 0.688. The minimum absolute atomic E-state index is 0.280. The lowest BCUT2D eigenvalue weighted by Crippen LogP contribution is -2.40. The number of unbranched alkanes of at least 4 members (excludes halogenated alkanes) is 1. The van der Waals surface area contributed by atoms with Gasteiger partial charge in [0.2, 0.25) is 0 Å². The first kappa shape index (κ1) is 17.5. The van der Waals surface area contributed by atoms with Crippen LogP contribution in [0.5, 0.6) is 0 Å². The summed E-state index contributed by atoms with van der Waals surface area (Å²) in [5.74, 6) is 0. The Balaban J connectivity index is 2.39. The Hall–Kier alpha value is -1.89. The number of imidazole rings is 1. The van der Waals surface area contributed by atoms with Gasteiger partial charge >= 0.3 is 5.69 Å². The van der Waals surface area contributed by atoms with E-state index in [-0.39, 0.29) is 11.2 Å². The fourth-order valence-electron chi connectivity index (χ4n) is 2.79. The van der Waals surface area contributed by atoms with Gasteiger partial charge < -0.3 is 9.67 Å². The maximum Gasteiger partial charge on any atom is 0.332 e. The van der Waals surface area contributed by atoms with Crippen LogP contribution in [-0.2, 0) is 19.6 Å². The maximum absolute atomic E-state index is 12.7. The zero-order valence-electron chi connectivity index (χ0n) is 14.4. The fourth-order valence-corrected chi connectivity index (χ4v) is 2.79. The van der Waals surface area contributed by atoms with Crippen molar-refractivity contribution < 1.29 is 5.11 Å². The van der Waals surface area contributed by atoms with Gasteiger partial charge in [-0.15, -0.1) is 0 Å². The molecule has 0 amide bonds. The molecule has 7 heteroatoms. The monoisotopic (exact) mass is 322 g/mol. The Morgan fingerprint density at radius 1 is 1.13 bits per heavy atom. The molecular formula is C16H26N4O3. The van der Waals surface area contributed by atoms with Gasteiger partial charge in [0, 0.05) is 19.6 Å². The van der Waals surface area contributed by atoms with Crippen molar-refractivity contribution in [3.63, 3.8) is 0 Å². The van der Waals surface area contributed by atoms with Gasteiger partial charge in [-0.05, 0) is 47.0 Å². The molecule has 0 saturated heterocycles. The van der Waals surface area contributed by atoms with Crippen molar-refractivity contribution in [2.24, 2.45) is 0 Å². The number of aryl methyl sites for hydroxylation is 2. The standard InChI is InChI=1S/C16H26N4O3/c1-5-18-11-17-13-12(18)14(21)20(15(22)19(13)6-2)10-8-7-9-16(3,4)23/h11,23H,5-10H2,1-4H3. The third-order valence-electron chi connectivity index (χ3n) is 4.06. The molecule has 128 valence electrons. The second-order valence-electron chi connectivity index (χ2n) is 6.46. The first-order valence-corrected chi connectivity index (χ1v) is 8.21. The highest BCUT2D eigenvalue weighted by atomic mass is 16.3. The van der Waals surface area contributed by atoms with Crippen LogP contribution in [-0.4, -0.2) is 29.4 Å². The Kier molecular flexibility index (Phi) is 5.09. The van der Waals surface area contributed by atoms with Crippen LogP contribution in [0.4, 0.5) is 0 Å². The summed E-state index contributed by atoms with van der Waals surface area (Å²) in [5.41, 5.74) is -0.375. The van der Waals surface area contributed by atoms with E-state index in [2.05, 4.69) is 4.98 Å². The lowest BCUT2D eigenvalue weighted by Gasteiger charge is -2.16. The Morgan fingerprint density at radius 2 is 1.83 bits per heavy atom. The van der Waals surface area contributed by atoms with Crippen LogP contribution in [0.25, 0.3) is 11.2 Å². The summed E-state index contributed by atoms with van der Waals surface area (Å²) in [7, 11) is 0. The molecule has 2 rings (SSSR count). The maximum atomic E-state index is 12.7. The van der Waals surface area contributed by atoms with Crippen molar-refractivity contribution in [2.75, 3.05) is 0 Å². The predicted octanol–water partition coefficient (Wildman–Crippen LogP) is 1.34. The van der Waals surface area contributed by atoms with Crippen molar-refractivity contribution in [3.05, 3.63) is 27.2 Å². The van der Waals surface area contributed by atoms with E-state index in [4.69, 9.17) is 0 Å². The van der Waals surface area contributed by atoms with E-state index in [9.17, 15) is 14.7 Å². The Morgan fingerprint density at radius 3 is 2.39 bits per heavy atom. The van der Waals surface area contributed by atoms with E-state index >= 15 is 0 Å². The van der Waals surface area contributed by atoms with Crippen LogP contribution in [0.2, 0.25) is 0 Å². The lowest BCUT2D eigenvalue weighted by molar-refractivity contribution is 0.0678. The topological polar surface area (TPSA) is 82.1 Å². The van der Waals surface area contributed by atoms with E-state index in [1.807, 2.05) is 13.8 Å². The highest BCUT2D eigenvalue weighted by Crippen LogP contribution is 2.12. The van der Waals surface area contributed by atoms with Crippen LogP contribution < -0.4 is 11.2 Å². The quantitative estimate of drug-likeness (QED) is 0.780. The zero-order valence-corrected chi connectivity index (χ0v) is 14.4. The Labute approximate surface area is 135 Å². The summed E-state index contributed by atoms with van der Waals surface area (Å²) in [6.45, 7) is 8.79. The summed E-state index contributed by atoms with van der Waals surface area (Å²) >= 11 is 0. The number of aromatic nitrogens is 4. The lowest BCUT2D eigenvalue weighted by atomic mass is 10.0. The molecule has 0 saturated carbocycles. The van der Waals surface area contributed by atoms with Crippen LogP contribution in [0.3, 0.4) is 0 Å². The highest BCUT2D eigenvalue weighted by Gasteiger charge is 2.17. The van der Waals surface area contributed by atoms with Gasteiger partial charge in [-0.3, -0.25) is 13.9 Å². The van der Waals surface area contributed by atoms with Crippen LogP contribution >= 0.6 is 0 Å². The molecule has 0 aromatic carbocycles. The molecule has 0 aliphatic rings. The van der Waals surface area contributed by atoms with Gasteiger partial charge in [-0.2, -0.15) is 0 Å². The Bertz CT molecular complexity index is 792. The van der Waals surface area contributed by atoms with Gasteiger partial charge in [0.05, 0.1) is 11.9 Å². The second kappa shape index (κ2) is 6.70.